The van der Waals surface area contributed by atoms with Crippen LogP contribution in [0.4, 0.5) is 17.1 Å². The molecule has 0 aliphatic carbocycles. The molecule has 1 N–H and O–H groups in total. The lowest BCUT2D eigenvalue weighted by atomic mass is 9.78. The number of ether oxygens (including phenoxy) is 1. The quantitative estimate of drug-likeness (QED) is 0.244. The van der Waals surface area contributed by atoms with Gasteiger partial charge >= 0.3 is 5.69 Å². The summed E-state index contributed by atoms with van der Waals surface area (Å²) in [5, 5.41) is 13.7. The number of carbonyl (C=O) groups excluding carboxylic acids is 4. The van der Waals surface area contributed by atoms with Gasteiger partial charge in [-0.15, -0.1) is 0 Å². The number of amides is 4. The maximum Gasteiger partial charge on any atom is 0.311 e. The number of nitro benzene ring substituents is 1. The minimum absolute atomic E-state index is 0.0121. The number of imide groups is 2. The summed E-state index contributed by atoms with van der Waals surface area (Å²) in [7, 11) is 1.48. The van der Waals surface area contributed by atoms with Gasteiger partial charge in [0.25, 0.3) is 11.8 Å². The summed E-state index contributed by atoms with van der Waals surface area (Å²) < 4.78 is 5.33. The summed E-state index contributed by atoms with van der Waals surface area (Å²) in [6.07, 6.45) is 7.12. The largest absolute Gasteiger partial charge is 0.490 e. The predicted molar refractivity (Wildman–Crippen MR) is 187 cm³/mol. The van der Waals surface area contributed by atoms with Crippen molar-refractivity contribution in [1.82, 2.24) is 15.1 Å². The smallest absolute Gasteiger partial charge is 0.311 e. The molecule has 0 saturated carbocycles. The number of hydrogen-bond acceptors (Lipinski definition) is 10. The SMILES string of the molecule is COc1cc(N2CCC(C3CCN(CC4CCN(c5ccc6c(c5)C(=O)N(C5CCC(=O)NC5=O)C6=O)CC4)CC3)CC2)c(C)cc1[N+](=O)[O-]. The van der Waals surface area contributed by atoms with Crippen LogP contribution < -0.4 is 19.9 Å². The van der Waals surface area contributed by atoms with Gasteiger partial charge in [0.2, 0.25) is 11.8 Å². The summed E-state index contributed by atoms with van der Waals surface area (Å²) in [5.74, 6) is 0.461. The van der Waals surface area contributed by atoms with Crippen LogP contribution in [0.3, 0.4) is 0 Å². The molecule has 5 aliphatic rings. The second kappa shape index (κ2) is 14.0. The monoisotopic (exact) mass is 686 g/mol. The fourth-order valence-corrected chi connectivity index (χ4v) is 8.92. The second-order valence-corrected chi connectivity index (χ2v) is 14.6. The maximum atomic E-state index is 13.3. The van der Waals surface area contributed by atoms with E-state index in [9.17, 15) is 29.3 Å². The van der Waals surface area contributed by atoms with Gasteiger partial charge in [0, 0.05) is 62.7 Å². The van der Waals surface area contributed by atoms with Crippen LogP contribution in [0.5, 0.6) is 5.75 Å². The number of nitrogens with one attached hydrogen (secondary N) is 1. The number of carbonyl (C=O) groups is 4. The molecule has 0 aromatic heterocycles. The molecule has 50 heavy (non-hydrogen) atoms. The number of rotatable bonds is 8. The standard InChI is InChI=1S/C37H46N6O7/c1-23-19-32(43(48)49)33(50-2)21-31(23)41-17-11-26(12-18-41)25-9-13-39(14-10-25)22-24-7-15-40(16-8-24)27-3-4-28-29(20-27)37(47)42(36(28)46)30-5-6-34(44)38-35(30)45/h3-4,19-21,24-26,30H,5-18,22H2,1-2H3,(H,38,44,45). The van der Waals surface area contributed by atoms with Crippen LogP contribution in [-0.4, -0.2) is 97.3 Å². The number of benzene rings is 2. The Morgan fingerprint density at radius 1 is 0.820 bits per heavy atom. The Labute approximate surface area is 292 Å². The van der Waals surface area contributed by atoms with Gasteiger partial charge in [-0.05, 0) is 106 Å². The topological polar surface area (TPSA) is 146 Å². The zero-order valence-electron chi connectivity index (χ0n) is 28.9. The van der Waals surface area contributed by atoms with Crippen LogP contribution in [-0.2, 0) is 9.59 Å². The number of fused-ring (bicyclic) bond motifs is 1. The highest BCUT2D eigenvalue weighted by Crippen LogP contribution is 2.39. The highest BCUT2D eigenvalue weighted by molar-refractivity contribution is 6.23. The van der Waals surface area contributed by atoms with Crippen LogP contribution in [0.25, 0.3) is 0 Å². The van der Waals surface area contributed by atoms with Crippen molar-refractivity contribution in [2.45, 2.75) is 64.3 Å². The van der Waals surface area contributed by atoms with E-state index in [-0.39, 0.29) is 29.4 Å². The maximum absolute atomic E-state index is 13.3. The summed E-state index contributed by atoms with van der Waals surface area (Å²) >= 11 is 0. The Hall–Kier alpha value is -4.52. The number of hydrogen-bond donors (Lipinski definition) is 1. The summed E-state index contributed by atoms with van der Waals surface area (Å²) in [5.41, 5.74) is 3.51. The lowest BCUT2D eigenvalue weighted by Gasteiger charge is -2.42. The molecule has 266 valence electrons. The first-order chi connectivity index (χ1) is 24.1. The third kappa shape index (κ3) is 6.55. The molecule has 2 aromatic rings. The van der Waals surface area contributed by atoms with Crippen molar-refractivity contribution in [3.05, 3.63) is 57.1 Å². The van der Waals surface area contributed by atoms with Crippen LogP contribution in [0.15, 0.2) is 30.3 Å². The average Bonchev–Trinajstić information content (AvgIpc) is 3.37. The highest BCUT2D eigenvalue weighted by Gasteiger charge is 2.45. The molecular weight excluding hydrogens is 640 g/mol. The number of likely N-dealkylation sites (tertiary alicyclic amines) is 1. The number of piperidine rings is 4. The summed E-state index contributed by atoms with van der Waals surface area (Å²) in [6.45, 7) is 9.00. The van der Waals surface area contributed by atoms with Crippen LogP contribution in [0, 0.1) is 34.8 Å². The van der Waals surface area contributed by atoms with E-state index in [0.29, 0.717) is 28.7 Å². The molecule has 2 aromatic carbocycles. The molecule has 4 amide bonds. The van der Waals surface area contributed by atoms with E-state index in [1.807, 2.05) is 19.1 Å². The van der Waals surface area contributed by atoms with Gasteiger partial charge in [-0.1, -0.05) is 0 Å². The fourth-order valence-electron chi connectivity index (χ4n) is 8.92. The van der Waals surface area contributed by atoms with Crippen molar-refractivity contribution >= 4 is 40.7 Å². The van der Waals surface area contributed by atoms with Gasteiger partial charge in [0.05, 0.1) is 23.2 Å². The molecule has 5 aliphatic heterocycles. The average molecular weight is 687 g/mol. The Bertz CT molecular complexity index is 1690. The van der Waals surface area contributed by atoms with Crippen LogP contribution >= 0.6 is 0 Å². The predicted octanol–water partition coefficient (Wildman–Crippen LogP) is 4.16. The third-order valence-electron chi connectivity index (χ3n) is 11.8. The molecule has 0 bridgehead atoms. The fraction of sp³-hybridized carbons (Fsp3) is 0.568. The molecule has 13 heteroatoms. The molecule has 0 spiro atoms. The van der Waals surface area contributed by atoms with Crippen molar-refractivity contribution in [1.29, 1.82) is 0 Å². The Morgan fingerprint density at radius 2 is 1.46 bits per heavy atom. The minimum Gasteiger partial charge on any atom is -0.490 e. The van der Waals surface area contributed by atoms with Gasteiger partial charge in [0.15, 0.2) is 5.75 Å². The van der Waals surface area contributed by atoms with E-state index in [0.717, 1.165) is 99.3 Å². The molecule has 7 rings (SSSR count). The van der Waals surface area contributed by atoms with Crippen LogP contribution in [0.1, 0.15) is 77.6 Å². The minimum atomic E-state index is -0.957. The van der Waals surface area contributed by atoms with Gasteiger partial charge in [-0.3, -0.25) is 39.5 Å². The summed E-state index contributed by atoms with van der Waals surface area (Å²) in [4.78, 5) is 69.7. The number of methoxy groups -OCH3 is 1. The number of anilines is 2. The Morgan fingerprint density at radius 3 is 2.10 bits per heavy atom. The normalized spacial score (nSPS) is 23.0. The first-order valence-electron chi connectivity index (χ1n) is 18.0. The van der Waals surface area contributed by atoms with Crippen molar-refractivity contribution < 1.29 is 28.8 Å². The molecular formula is C37H46N6O7. The van der Waals surface area contributed by atoms with E-state index >= 15 is 0 Å². The van der Waals surface area contributed by atoms with Crippen LogP contribution in [0.2, 0.25) is 0 Å². The lowest BCUT2D eigenvalue weighted by Crippen LogP contribution is -2.54. The molecule has 13 nitrogen and oxygen atoms in total. The zero-order chi connectivity index (χ0) is 35.1. The Kier molecular flexibility index (Phi) is 9.51. The van der Waals surface area contributed by atoms with Gasteiger partial charge < -0.3 is 19.4 Å². The number of nitrogens with zero attached hydrogens (tertiary/aromatic N) is 5. The number of aryl methyl sites for hydroxylation is 1. The van der Waals surface area contributed by atoms with Gasteiger partial charge in [0.1, 0.15) is 6.04 Å². The first kappa shape index (κ1) is 34.0. The van der Waals surface area contributed by atoms with Crippen molar-refractivity contribution in [3.8, 4) is 5.75 Å². The molecule has 4 saturated heterocycles. The van der Waals surface area contributed by atoms with E-state index in [1.54, 1.807) is 18.2 Å². The molecule has 1 atom stereocenters. The third-order valence-corrected chi connectivity index (χ3v) is 11.8. The molecule has 1 unspecified atom stereocenters. The second-order valence-electron chi connectivity index (χ2n) is 14.6. The van der Waals surface area contributed by atoms with E-state index in [2.05, 4.69) is 20.0 Å². The lowest BCUT2D eigenvalue weighted by molar-refractivity contribution is -0.385. The molecule has 4 fully saturated rings. The zero-order valence-corrected chi connectivity index (χ0v) is 28.9. The van der Waals surface area contributed by atoms with Crippen molar-refractivity contribution in [2.75, 3.05) is 62.7 Å². The van der Waals surface area contributed by atoms with E-state index in [1.165, 1.54) is 20.0 Å². The van der Waals surface area contributed by atoms with E-state index in [4.69, 9.17) is 4.74 Å². The number of nitro groups is 1. The molecule has 0 radical (unpaired) electrons. The van der Waals surface area contributed by atoms with Gasteiger partial charge in [-0.2, -0.15) is 0 Å². The Balaban J connectivity index is 0.864. The van der Waals surface area contributed by atoms with Crippen molar-refractivity contribution in [2.24, 2.45) is 17.8 Å². The molecule has 5 heterocycles. The van der Waals surface area contributed by atoms with E-state index < -0.39 is 23.8 Å². The highest BCUT2D eigenvalue weighted by atomic mass is 16.6. The first-order valence-corrected chi connectivity index (χ1v) is 18.0. The van der Waals surface area contributed by atoms with Gasteiger partial charge in [-0.25, -0.2) is 0 Å². The summed E-state index contributed by atoms with van der Waals surface area (Å²) in [6, 6.07) is 7.88. The van der Waals surface area contributed by atoms with Crippen molar-refractivity contribution in [3.63, 3.8) is 0 Å².